The number of hydrogen-bond donors (Lipinski definition) is 2. The largest absolute Gasteiger partial charge is 0.417 e. The van der Waals surface area contributed by atoms with E-state index in [2.05, 4.69) is 5.32 Å². The summed E-state index contributed by atoms with van der Waals surface area (Å²) in [5.74, 6) is 0. The third-order valence-electron chi connectivity index (χ3n) is 1.96. The molecule has 0 unspecified atom stereocenters. The maximum absolute atomic E-state index is 12.5. The van der Waals surface area contributed by atoms with Crippen molar-refractivity contribution in [3.05, 3.63) is 28.8 Å². The fourth-order valence-corrected chi connectivity index (χ4v) is 1.39. The van der Waals surface area contributed by atoms with Gasteiger partial charge in [-0.15, -0.1) is 0 Å². The summed E-state index contributed by atoms with van der Waals surface area (Å²) in [5, 5.41) is 11.2. The smallest absolute Gasteiger partial charge is 0.394 e. The molecule has 1 aromatic carbocycles. The van der Waals surface area contributed by atoms with Crippen molar-refractivity contribution in [2.45, 2.75) is 19.1 Å². The van der Waals surface area contributed by atoms with Crippen LogP contribution in [0, 0.1) is 0 Å². The minimum Gasteiger partial charge on any atom is -0.394 e. The molecule has 0 bridgehead atoms. The van der Waals surface area contributed by atoms with E-state index in [-0.39, 0.29) is 23.4 Å². The Labute approximate surface area is 96.0 Å². The highest BCUT2D eigenvalue weighted by Gasteiger charge is 2.33. The van der Waals surface area contributed by atoms with Crippen molar-refractivity contribution in [3.8, 4) is 0 Å². The van der Waals surface area contributed by atoms with Gasteiger partial charge in [-0.05, 0) is 25.1 Å². The Morgan fingerprint density at radius 2 is 2.06 bits per heavy atom. The third-order valence-corrected chi connectivity index (χ3v) is 2.29. The number of rotatable bonds is 3. The second kappa shape index (κ2) is 4.93. The number of halogens is 4. The van der Waals surface area contributed by atoms with Gasteiger partial charge in [-0.3, -0.25) is 0 Å². The average Bonchev–Trinajstić information content (AvgIpc) is 2.19. The average molecular weight is 254 g/mol. The van der Waals surface area contributed by atoms with Gasteiger partial charge in [-0.25, -0.2) is 0 Å². The predicted molar refractivity (Wildman–Crippen MR) is 56.6 cm³/mol. The zero-order chi connectivity index (χ0) is 12.3. The normalized spacial score (nSPS) is 13.6. The standard InChI is InChI=1S/C10H11ClF3NO/c1-6(5-16)15-7-2-3-9(11)8(4-7)10(12,13)14/h2-4,6,15-16H,5H2,1H3/t6-/m1/s1. The van der Waals surface area contributed by atoms with Crippen LogP contribution in [0.15, 0.2) is 18.2 Å². The van der Waals surface area contributed by atoms with Crippen LogP contribution in [0.2, 0.25) is 5.02 Å². The van der Waals surface area contributed by atoms with Crippen LogP contribution in [0.25, 0.3) is 0 Å². The number of nitrogens with one attached hydrogen (secondary N) is 1. The molecule has 2 N–H and O–H groups in total. The number of alkyl halides is 3. The lowest BCUT2D eigenvalue weighted by Gasteiger charge is -2.15. The van der Waals surface area contributed by atoms with E-state index >= 15 is 0 Å². The van der Waals surface area contributed by atoms with Crippen LogP contribution in [0.4, 0.5) is 18.9 Å². The molecule has 0 aliphatic carbocycles. The molecular weight excluding hydrogens is 243 g/mol. The van der Waals surface area contributed by atoms with Crippen molar-refractivity contribution in [1.82, 2.24) is 0 Å². The molecule has 0 radical (unpaired) electrons. The summed E-state index contributed by atoms with van der Waals surface area (Å²) < 4.78 is 37.5. The maximum atomic E-state index is 12.5. The first-order valence-electron chi connectivity index (χ1n) is 4.58. The van der Waals surface area contributed by atoms with Gasteiger partial charge in [0.15, 0.2) is 0 Å². The lowest BCUT2D eigenvalue weighted by molar-refractivity contribution is -0.137. The lowest BCUT2D eigenvalue weighted by atomic mass is 10.2. The Bertz CT molecular complexity index is 368. The lowest BCUT2D eigenvalue weighted by Crippen LogP contribution is -2.19. The third kappa shape index (κ3) is 3.28. The summed E-state index contributed by atoms with van der Waals surface area (Å²) in [6.07, 6.45) is -4.47. The van der Waals surface area contributed by atoms with Crippen molar-refractivity contribution in [2.75, 3.05) is 11.9 Å². The molecule has 90 valence electrons. The van der Waals surface area contributed by atoms with Gasteiger partial charge in [-0.1, -0.05) is 11.6 Å². The molecule has 0 spiro atoms. The second-order valence-corrected chi connectivity index (χ2v) is 3.83. The summed E-state index contributed by atoms with van der Waals surface area (Å²) in [6, 6.07) is 3.22. The summed E-state index contributed by atoms with van der Waals surface area (Å²) in [7, 11) is 0. The zero-order valence-electron chi connectivity index (χ0n) is 8.48. The molecule has 16 heavy (non-hydrogen) atoms. The van der Waals surface area contributed by atoms with Gasteiger partial charge in [-0.2, -0.15) is 13.2 Å². The number of anilines is 1. The topological polar surface area (TPSA) is 32.3 Å². The van der Waals surface area contributed by atoms with Crippen molar-refractivity contribution in [2.24, 2.45) is 0 Å². The molecule has 0 amide bonds. The highest BCUT2D eigenvalue weighted by Crippen LogP contribution is 2.36. The summed E-state index contributed by atoms with van der Waals surface area (Å²) >= 11 is 5.45. The number of aliphatic hydroxyl groups is 1. The van der Waals surface area contributed by atoms with E-state index in [0.29, 0.717) is 0 Å². The summed E-state index contributed by atoms with van der Waals surface area (Å²) in [5.41, 5.74) is -0.609. The van der Waals surface area contributed by atoms with E-state index in [1.165, 1.54) is 12.1 Å². The van der Waals surface area contributed by atoms with Crippen LogP contribution < -0.4 is 5.32 Å². The van der Waals surface area contributed by atoms with E-state index in [0.717, 1.165) is 6.07 Å². The minimum atomic E-state index is -4.47. The number of hydrogen-bond acceptors (Lipinski definition) is 2. The molecule has 0 aliphatic rings. The van der Waals surface area contributed by atoms with Crippen LogP contribution in [-0.4, -0.2) is 17.8 Å². The van der Waals surface area contributed by atoms with Crippen LogP contribution in [0.3, 0.4) is 0 Å². The quantitative estimate of drug-likeness (QED) is 0.867. The molecular formula is C10H11ClF3NO. The first-order valence-corrected chi connectivity index (χ1v) is 4.96. The van der Waals surface area contributed by atoms with Gasteiger partial charge >= 0.3 is 6.18 Å². The molecule has 0 saturated heterocycles. The van der Waals surface area contributed by atoms with Crippen LogP contribution in [0.1, 0.15) is 12.5 Å². The zero-order valence-corrected chi connectivity index (χ0v) is 9.23. The predicted octanol–water partition coefficient (Wildman–Crippen LogP) is 3.15. The molecule has 0 aliphatic heterocycles. The van der Waals surface area contributed by atoms with Gasteiger partial charge in [0.1, 0.15) is 0 Å². The molecule has 0 aromatic heterocycles. The Morgan fingerprint density at radius 3 is 2.56 bits per heavy atom. The highest BCUT2D eigenvalue weighted by molar-refractivity contribution is 6.31. The Kier molecular flexibility index (Phi) is 4.04. The van der Waals surface area contributed by atoms with Crippen molar-refractivity contribution in [3.63, 3.8) is 0 Å². The summed E-state index contributed by atoms with van der Waals surface area (Å²) in [6.45, 7) is 1.49. The van der Waals surface area contributed by atoms with Gasteiger partial charge in [0.25, 0.3) is 0 Å². The first kappa shape index (κ1) is 13.1. The van der Waals surface area contributed by atoms with Crippen LogP contribution in [0.5, 0.6) is 0 Å². The van der Waals surface area contributed by atoms with E-state index in [4.69, 9.17) is 16.7 Å². The van der Waals surface area contributed by atoms with Gasteiger partial charge in [0, 0.05) is 11.7 Å². The van der Waals surface area contributed by atoms with Crippen LogP contribution in [-0.2, 0) is 6.18 Å². The molecule has 1 atom stereocenters. The van der Waals surface area contributed by atoms with E-state index in [1.54, 1.807) is 6.92 Å². The van der Waals surface area contributed by atoms with Gasteiger partial charge < -0.3 is 10.4 Å². The monoisotopic (exact) mass is 253 g/mol. The highest BCUT2D eigenvalue weighted by atomic mass is 35.5. The molecule has 0 fully saturated rings. The Morgan fingerprint density at radius 1 is 1.44 bits per heavy atom. The SMILES string of the molecule is C[C@H](CO)Nc1ccc(Cl)c(C(F)(F)F)c1. The number of aliphatic hydroxyl groups excluding tert-OH is 1. The van der Waals surface area contributed by atoms with E-state index in [9.17, 15) is 13.2 Å². The summed E-state index contributed by atoms with van der Waals surface area (Å²) in [4.78, 5) is 0. The van der Waals surface area contributed by atoms with Crippen LogP contribution >= 0.6 is 11.6 Å². The maximum Gasteiger partial charge on any atom is 0.417 e. The van der Waals surface area contributed by atoms with Crippen molar-refractivity contribution in [1.29, 1.82) is 0 Å². The molecule has 1 rings (SSSR count). The van der Waals surface area contributed by atoms with E-state index in [1.807, 2.05) is 0 Å². The fourth-order valence-electron chi connectivity index (χ4n) is 1.16. The molecule has 0 heterocycles. The molecule has 1 aromatic rings. The van der Waals surface area contributed by atoms with Crippen molar-refractivity contribution < 1.29 is 18.3 Å². The first-order chi connectivity index (χ1) is 7.34. The Balaban J connectivity index is 2.99. The van der Waals surface area contributed by atoms with Gasteiger partial charge in [0.05, 0.1) is 17.2 Å². The van der Waals surface area contributed by atoms with E-state index < -0.39 is 11.7 Å². The molecule has 6 heteroatoms. The number of benzene rings is 1. The molecule has 2 nitrogen and oxygen atoms in total. The molecule has 0 saturated carbocycles. The fraction of sp³-hybridized carbons (Fsp3) is 0.400. The Hall–Kier alpha value is -0.940. The van der Waals surface area contributed by atoms with Crippen molar-refractivity contribution >= 4 is 17.3 Å². The van der Waals surface area contributed by atoms with Gasteiger partial charge in [0.2, 0.25) is 0 Å². The second-order valence-electron chi connectivity index (χ2n) is 3.42. The minimum absolute atomic E-state index is 0.163.